The molecule has 0 aromatic heterocycles. The Kier molecular flexibility index (Phi) is 60.0. The summed E-state index contributed by atoms with van der Waals surface area (Å²) >= 11 is 0. The highest BCUT2D eigenvalue weighted by Crippen LogP contribution is 2.18. The number of unbranched alkanes of at least 4 members (excludes halogenated alkanes) is 45. The molecule has 0 heterocycles. The molecule has 0 saturated carbocycles. The summed E-state index contributed by atoms with van der Waals surface area (Å²) in [4.78, 5) is 24.6. The molecule has 6 nitrogen and oxygen atoms in total. The molecular formula is C66H125NO5. The van der Waals surface area contributed by atoms with Crippen LogP contribution in [0.3, 0.4) is 0 Å². The fourth-order valence-corrected chi connectivity index (χ4v) is 9.96. The number of hydrogen-bond acceptors (Lipinski definition) is 5. The molecule has 1 amide bonds. The number of amides is 1. The first-order valence-corrected chi connectivity index (χ1v) is 32.3. The van der Waals surface area contributed by atoms with Gasteiger partial charge in [-0.3, -0.25) is 9.59 Å². The van der Waals surface area contributed by atoms with Gasteiger partial charge in [-0.2, -0.15) is 0 Å². The summed E-state index contributed by atoms with van der Waals surface area (Å²) in [6, 6.07) is -0.633. The van der Waals surface area contributed by atoms with Gasteiger partial charge in [0.15, 0.2) is 0 Å². The average molecular weight is 1010 g/mol. The molecule has 0 bridgehead atoms. The quantitative estimate of drug-likeness (QED) is 0.0320. The van der Waals surface area contributed by atoms with Crippen LogP contribution in [-0.2, 0) is 14.3 Å². The van der Waals surface area contributed by atoms with Gasteiger partial charge in [-0.05, 0) is 64.2 Å². The van der Waals surface area contributed by atoms with Gasteiger partial charge in [-0.15, -0.1) is 0 Å². The van der Waals surface area contributed by atoms with Gasteiger partial charge in [0.2, 0.25) is 5.91 Å². The summed E-state index contributed by atoms with van der Waals surface area (Å²) in [5, 5.41) is 23.2. The standard InChI is InChI=1S/C66H125NO5/c1-3-5-7-9-11-13-15-17-19-21-22-23-24-27-30-34-38-42-46-50-54-58-64(69)63(62-68)67-65(70)59-55-51-47-43-39-35-31-28-25-26-29-33-37-41-45-49-53-57-61-72-66(71)60-56-52-48-44-40-36-32-20-18-16-14-12-10-8-6-4-2/h14,16,20,32,54,58,63-64,68-69H,3-13,15,17-19,21-31,33-53,55-57,59-62H2,1-2H3,(H,67,70)/b16-14-,32-20-,58-54+. The van der Waals surface area contributed by atoms with E-state index in [9.17, 15) is 19.8 Å². The van der Waals surface area contributed by atoms with Gasteiger partial charge in [0.1, 0.15) is 0 Å². The fraction of sp³-hybridized carbons (Fsp3) is 0.879. The van der Waals surface area contributed by atoms with Crippen LogP contribution in [0.25, 0.3) is 0 Å². The molecule has 3 N–H and O–H groups in total. The minimum absolute atomic E-state index is 0.00656. The Morgan fingerprint density at radius 1 is 0.389 bits per heavy atom. The number of carbonyl (C=O) groups excluding carboxylic acids is 2. The van der Waals surface area contributed by atoms with Crippen molar-refractivity contribution in [2.75, 3.05) is 13.2 Å². The zero-order valence-electron chi connectivity index (χ0n) is 48.4. The van der Waals surface area contributed by atoms with Crippen molar-refractivity contribution in [3.63, 3.8) is 0 Å². The molecule has 72 heavy (non-hydrogen) atoms. The summed E-state index contributed by atoms with van der Waals surface area (Å²) in [6.07, 6.45) is 77.5. The van der Waals surface area contributed by atoms with Crippen LogP contribution in [0.5, 0.6) is 0 Å². The molecule has 0 fully saturated rings. The maximum Gasteiger partial charge on any atom is 0.305 e. The molecule has 0 aliphatic rings. The maximum atomic E-state index is 12.5. The van der Waals surface area contributed by atoms with Crippen molar-refractivity contribution in [1.82, 2.24) is 5.32 Å². The smallest absolute Gasteiger partial charge is 0.305 e. The van der Waals surface area contributed by atoms with Gasteiger partial charge in [-0.1, -0.05) is 307 Å². The highest BCUT2D eigenvalue weighted by atomic mass is 16.5. The second-order valence-electron chi connectivity index (χ2n) is 22.1. The average Bonchev–Trinajstić information content (AvgIpc) is 3.38. The third-order valence-corrected chi connectivity index (χ3v) is 14.9. The van der Waals surface area contributed by atoms with E-state index >= 15 is 0 Å². The monoisotopic (exact) mass is 1010 g/mol. The van der Waals surface area contributed by atoms with E-state index in [-0.39, 0.29) is 18.5 Å². The minimum atomic E-state index is -0.849. The number of esters is 1. The predicted octanol–water partition coefficient (Wildman–Crippen LogP) is 20.4. The van der Waals surface area contributed by atoms with Crippen LogP contribution in [0.15, 0.2) is 36.5 Å². The maximum absolute atomic E-state index is 12.5. The molecule has 0 aromatic rings. The van der Waals surface area contributed by atoms with E-state index < -0.39 is 12.1 Å². The van der Waals surface area contributed by atoms with Gasteiger partial charge in [0.05, 0.1) is 25.4 Å². The summed E-state index contributed by atoms with van der Waals surface area (Å²) < 4.78 is 5.48. The van der Waals surface area contributed by atoms with Crippen LogP contribution in [-0.4, -0.2) is 47.4 Å². The molecule has 0 rings (SSSR count). The molecule has 2 unspecified atom stereocenters. The third-order valence-electron chi connectivity index (χ3n) is 14.9. The van der Waals surface area contributed by atoms with Crippen LogP contribution < -0.4 is 5.32 Å². The first-order chi connectivity index (χ1) is 35.5. The van der Waals surface area contributed by atoms with Crippen molar-refractivity contribution < 1.29 is 24.5 Å². The van der Waals surface area contributed by atoms with Crippen LogP contribution in [0, 0.1) is 0 Å². The summed E-state index contributed by atoms with van der Waals surface area (Å²) in [6.45, 7) is 4.90. The van der Waals surface area contributed by atoms with Gasteiger partial charge < -0.3 is 20.3 Å². The summed E-state index contributed by atoms with van der Waals surface area (Å²) in [5.74, 6) is -0.0761. The van der Waals surface area contributed by atoms with Crippen molar-refractivity contribution in [1.29, 1.82) is 0 Å². The Hall–Kier alpha value is -1.92. The van der Waals surface area contributed by atoms with Crippen LogP contribution in [0.2, 0.25) is 0 Å². The van der Waals surface area contributed by atoms with Crippen molar-refractivity contribution in [2.45, 2.75) is 360 Å². The first kappa shape index (κ1) is 70.1. The zero-order chi connectivity index (χ0) is 52.2. The largest absolute Gasteiger partial charge is 0.466 e. The van der Waals surface area contributed by atoms with Crippen molar-refractivity contribution in [3.8, 4) is 0 Å². The number of aliphatic hydroxyl groups is 2. The van der Waals surface area contributed by atoms with Crippen molar-refractivity contribution in [2.24, 2.45) is 0 Å². The highest BCUT2D eigenvalue weighted by Gasteiger charge is 2.18. The van der Waals surface area contributed by atoms with E-state index in [1.807, 2.05) is 6.08 Å². The second-order valence-corrected chi connectivity index (χ2v) is 22.1. The topological polar surface area (TPSA) is 95.9 Å². The van der Waals surface area contributed by atoms with E-state index in [1.165, 1.54) is 270 Å². The molecule has 0 saturated heterocycles. The molecule has 6 heteroatoms. The Morgan fingerprint density at radius 2 is 0.694 bits per heavy atom. The molecule has 0 aliphatic carbocycles. The van der Waals surface area contributed by atoms with E-state index in [4.69, 9.17) is 4.74 Å². The van der Waals surface area contributed by atoms with E-state index in [0.29, 0.717) is 19.4 Å². The van der Waals surface area contributed by atoms with Gasteiger partial charge in [0.25, 0.3) is 0 Å². The number of aliphatic hydroxyl groups excluding tert-OH is 2. The van der Waals surface area contributed by atoms with Gasteiger partial charge >= 0.3 is 5.97 Å². The van der Waals surface area contributed by atoms with E-state index in [2.05, 4.69) is 43.5 Å². The van der Waals surface area contributed by atoms with Crippen LogP contribution >= 0.6 is 0 Å². The lowest BCUT2D eigenvalue weighted by Gasteiger charge is -2.20. The number of rotatable bonds is 60. The van der Waals surface area contributed by atoms with Gasteiger partial charge in [-0.25, -0.2) is 0 Å². The predicted molar refractivity (Wildman–Crippen MR) is 315 cm³/mol. The highest BCUT2D eigenvalue weighted by molar-refractivity contribution is 5.76. The number of carbonyl (C=O) groups is 2. The molecule has 424 valence electrons. The van der Waals surface area contributed by atoms with Crippen molar-refractivity contribution >= 4 is 11.9 Å². The zero-order valence-corrected chi connectivity index (χ0v) is 48.4. The lowest BCUT2D eigenvalue weighted by atomic mass is 10.0. The van der Waals surface area contributed by atoms with Gasteiger partial charge in [0, 0.05) is 12.8 Å². The third kappa shape index (κ3) is 57.4. The first-order valence-electron chi connectivity index (χ1n) is 32.3. The number of hydrogen-bond donors (Lipinski definition) is 3. The molecule has 0 aliphatic heterocycles. The molecular weight excluding hydrogens is 887 g/mol. The molecule has 0 spiro atoms. The minimum Gasteiger partial charge on any atom is -0.466 e. The number of allylic oxidation sites excluding steroid dienone is 5. The lowest BCUT2D eigenvalue weighted by molar-refractivity contribution is -0.143. The van der Waals surface area contributed by atoms with E-state index in [1.54, 1.807) is 6.08 Å². The number of ether oxygens (including phenoxy) is 1. The Bertz CT molecular complexity index is 1170. The molecule has 0 radical (unpaired) electrons. The summed E-state index contributed by atoms with van der Waals surface area (Å²) in [5.41, 5.74) is 0. The normalized spacial score (nSPS) is 12.8. The number of nitrogens with one attached hydrogen (secondary N) is 1. The van der Waals surface area contributed by atoms with Crippen LogP contribution in [0.4, 0.5) is 0 Å². The Morgan fingerprint density at radius 3 is 1.07 bits per heavy atom. The molecule has 0 aromatic carbocycles. The molecule has 2 atom stereocenters. The van der Waals surface area contributed by atoms with Crippen LogP contribution in [0.1, 0.15) is 348 Å². The Balaban J connectivity index is 3.45. The lowest BCUT2D eigenvalue weighted by Crippen LogP contribution is -2.45. The fourth-order valence-electron chi connectivity index (χ4n) is 9.96. The van der Waals surface area contributed by atoms with Crippen molar-refractivity contribution in [3.05, 3.63) is 36.5 Å². The second kappa shape index (κ2) is 61.6. The Labute approximate surface area is 449 Å². The SMILES string of the molecule is CCCCCC/C=C\C/C=C\CCCCCCCC(=O)OCCCCCCCCCCCCCCCCCCCCC(=O)NC(CO)C(O)/C=C/CCCCCCCCCCCCCCCCCCCCC. The summed E-state index contributed by atoms with van der Waals surface area (Å²) in [7, 11) is 0. The van der Waals surface area contributed by atoms with E-state index in [0.717, 1.165) is 51.4 Å².